The Balaban J connectivity index is 2.66. The number of hydrogen-bond donors (Lipinski definition) is 1. The molecule has 0 saturated heterocycles. The third kappa shape index (κ3) is 5.55. The van der Waals surface area contributed by atoms with E-state index in [9.17, 15) is 4.79 Å². The van der Waals surface area contributed by atoms with E-state index in [0.29, 0.717) is 31.8 Å². The number of anilines is 1. The predicted molar refractivity (Wildman–Crippen MR) is 78.6 cm³/mol. The van der Waals surface area contributed by atoms with E-state index in [1.165, 1.54) is 6.08 Å². The molecule has 0 fully saturated rings. The molecule has 0 aromatic heterocycles. The Bertz CT molecular complexity index is 506. The summed E-state index contributed by atoms with van der Waals surface area (Å²) in [7, 11) is 1.58. The molecular formula is C15H19N3O2. The fraction of sp³-hybridized carbons (Fsp3) is 0.333. The van der Waals surface area contributed by atoms with E-state index in [2.05, 4.69) is 0 Å². The summed E-state index contributed by atoms with van der Waals surface area (Å²) in [6, 6.07) is 9.32. The Morgan fingerprint density at radius 2 is 2.30 bits per heavy atom. The van der Waals surface area contributed by atoms with Gasteiger partial charge >= 0.3 is 0 Å². The quantitative estimate of drug-likeness (QED) is 0.605. The first-order valence-electron chi connectivity index (χ1n) is 6.35. The van der Waals surface area contributed by atoms with Gasteiger partial charge < -0.3 is 15.4 Å². The monoisotopic (exact) mass is 273 g/mol. The smallest absolute Gasteiger partial charge is 0.246 e. The van der Waals surface area contributed by atoms with Gasteiger partial charge in [-0.1, -0.05) is 12.1 Å². The molecule has 1 amide bonds. The van der Waals surface area contributed by atoms with E-state index >= 15 is 0 Å². The fourth-order valence-electron chi connectivity index (χ4n) is 1.65. The molecule has 1 aromatic carbocycles. The average Bonchev–Trinajstić information content (AvgIpc) is 2.45. The fourth-order valence-corrected chi connectivity index (χ4v) is 1.65. The first kappa shape index (κ1) is 15.7. The zero-order chi connectivity index (χ0) is 14.8. The third-order valence-electron chi connectivity index (χ3n) is 2.70. The molecule has 0 radical (unpaired) electrons. The second kappa shape index (κ2) is 8.73. The van der Waals surface area contributed by atoms with E-state index in [1.54, 1.807) is 30.2 Å². The highest BCUT2D eigenvalue weighted by Crippen LogP contribution is 2.08. The highest BCUT2D eigenvalue weighted by atomic mass is 16.5. The molecule has 0 atom stereocenters. The lowest BCUT2D eigenvalue weighted by Gasteiger charge is -2.19. The summed E-state index contributed by atoms with van der Waals surface area (Å²) in [6.45, 7) is 1.32. The molecule has 0 aliphatic heterocycles. The van der Waals surface area contributed by atoms with Gasteiger partial charge in [-0.25, -0.2) is 0 Å². The average molecular weight is 273 g/mol. The third-order valence-corrected chi connectivity index (χ3v) is 2.70. The zero-order valence-electron chi connectivity index (χ0n) is 11.6. The minimum atomic E-state index is -0.139. The van der Waals surface area contributed by atoms with Crippen LogP contribution >= 0.6 is 0 Å². The van der Waals surface area contributed by atoms with Crippen molar-refractivity contribution in [3.63, 3.8) is 0 Å². The van der Waals surface area contributed by atoms with Gasteiger partial charge in [0.15, 0.2) is 0 Å². The molecule has 1 rings (SSSR count). The molecule has 2 N–H and O–H groups in total. The molecule has 0 aliphatic rings. The van der Waals surface area contributed by atoms with Gasteiger partial charge in [-0.05, 0) is 23.8 Å². The number of nitrogens with zero attached hydrogens (tertiary/aromatic N) is 2. The summed E-state index contributed by atoms with van der Waals surface area (Å²) < 4.78 is 4.96. The van der Waals surface area contributed by atoms with E-state index in [4.69, 9.17) is 15.7 Å². The second-order valence-corrected chi connectivity index (χ2v) is 4.23. The van der Waals surface area contributed by atoms with E-state index < -0.39 is 0 Å². The topological polar surface area (TPSA) is 79.3 Å². The molecule has 5 heteroatoms. The van der Waals surface area contributed by atoms with Crippen LogP contribution in [0.15, 0.2) is 30.3 Å². The minimum absolute atomic E-state index is 0.139. The maximum Gasteiger partial charge on any atom is 0.246 e. The number of carbonyl (C=O) groups is 1. The zero-order valence-corrected chi connectivity index (χ0v) is 11.6. The maximum absolute atomic E-state index is 12.1. The van der Waals surface area contributed by atoms with Gasteiger partial charge in [-0.15, -0.1) is 0 Å². The maximum atomic E-state index is 12.1. The molecule has 0 bridgehead atoms. The van der Waals surface area contributed by atoms with Crippen LogP contribution in [0.3, 0.4) is 0 Å². The van der Waals surface area contributed by atoms with Gasteiger partial charge in [0.25, 0.3) is 0 Å². The summed E-state index contributed by atoms with van der Waals surface area (Å²) >= 11 is 0. The van der Waals surface area contributed by atoms with Crippen molar-refractivity contribution in [2.45, 2.75) is 6.42 Å². The van der Waals surface area contributed by atoms with Gasteiger partial charge in [0.2, 0.25) is 5.91 Å². The molecule has 20 heavy (non-hydrogen) atoms. The van der Waals surface area contributed by atoms with Crippen LogP contribution in [0.5, 0.6) is 0 Å². The minimum Gasteiger partial charge on any atom is -0.399 e. The summed E-state index contributed by atoms with van der Waals surface area (Å²) in [5, 5.41) is 8.61. The number of carbonyl (C=O) groups excluding carboxylic acids is 1. The normalized spacial score (nSPS) is 10.4. The van der Waals surface area contributed by atoms with Crippen molar-refractivity contribution in [1.29, 1.82) is 5.26 Å². The lowest BCUT2D eigenvalue weighted by atomic mass is 10.2. The highest BCUT2D eigenvalue weighted by molar-refractivity contribution is 5.91. The van der Waals surface area contributed by atoms with E-state index in [0.717, 1.165) is 5.56 Å². The highest BCUT2D eigenvalue weighted by Gasteiger charge is 2.09. The number of amides is 1. The lowest BCUT2D eigenvalue weighted by Crippen LogP contribution is -2.33. The Morgan fingerprint density at radius 1 is 1.50 bits per heavy atom. The molecule has 0 unspecified atom stereocenters. The number of methoxy groups -OCH3 is 1. The predicted octanol–water partition coefficient (Wildman–Crippen LogP) is 1.67. The van der Waals surface area contributed by atoms with Gasteiger partial charge in [0.1, 0.15) is 0 Å². The van der Waals surface area contributed by atoms with Crippen LogP contribution in [-0.4, -0.2) is 37.6 Å². The van der Waals surface area contributed by atoms with Crippen LogP contribution < -0.4 is 5.73 Å². The number of nitriles is 1. The standard InChI is InChI=1S/C15H19N3O2/c1-20-11-10-18(9-3-8-16)15(19)7-6-13-4-2-5-14(17)12-13/h2,4-7,12H,3,9-11,17H2,1H3/b7-6+. The van der Waals surface area contributed by atoms with Crippen molar-refractivity contribution < 1.29 is 9.53 Å². The molecule has 1 aromatic rings. The van der Waals surface area contributed by atoms with Gasteiger partial charge in [-0.2, -0.15) is 5.26 Å². The lowest BCUT2D eigenvalue weighted by molar-refractivity contribution is -0.126. The first-order valence-corrected chi connectivity index (χ1v) is 6.35. The Kier molecular flexibility index (Phi) is 6.87. The largest absolute Gasteiger partial charge is 0.399 e. The van der Waals surface area contributed by atoms with Crippen molar-refractivity contribution in [3.8, 4) is 6.07 Å². The summed E-state index contributed by atoms with van der Waals surface area (Å²) in [5.74, 6) is -0.139. The molecule has 0 saturated carbocycles. The Hall–Kier alpha value is -2.32. The van der Waals surface area contributed by atoms with Crippen LogP contribution in [0.1, 0.15) is 12.0 Å². The summed E-state index contributed by atoms with van der Waals surface area (Å²) in [4.78, 5) is 13.6. The number of hydrogen-bond acceptors (Lipinski definition) is 4. The summed E-state index contributed by atoms with van der Waals surface area (Å²) in [6.07, 6.45) is 3.51. The molecule has 0 spiro atoms. The SMILES string of the molecule is COCCN(CCC#N)C(=O)/C=C/c1cccc(N)c1. The number of rotatable bonds is 7. The van der Waals surface area contributed by atoms with Gasteiger partial charge in [0.05, 0.1) is 19.1 Å². The summed E-state index contributed by atoms with van der Waals surface area (Å²) in [5.41, 5.74) is 7.19. The van der Waals surface area contributed by atoms with Crippen molar-refractivity contribution in [2.24, 2.45) is 0 Å². The van der Waals surface area contributed by atoms with E-state index in [1.807, 2.05) is 18.2 Å². The molecule has 5 nitrogen and oxygen atoms in total. The Labute approximate surface area is 119 Å². The van der Waals surface area contributed by atoms with Crippen LogP contribution in [0.4, 0.5) is 5.69 Å². The van der Waals surface area contributed by atoms with Crippen LogP contribution in [0.2, 0.25) is 0 Å². The van der Waals surface area contributed by atoms with E-state index in [-0.39, 0.29) is 5.91 Å². The molecule has 0 heterocycles. The number of nitrogen functional groups attached to an aromatic ring is 1. The Morgan fingerprint density at radius 3 is 2.95 bits per heavy atom. The van der Waals surface area contributed by atoms with Crippen molar-refractivity contribution in [3.05, 3.63) is 35.9 Å². The van der Waals surface area contributed by atoms with Crippen LogP contribution in [-0.2, 0) is 9.53 Å². The molecular weight excluding hydrogens is 254 g/mol. The van der Waals surface area contributed by atoms with Crippen LogP contribution in [0, 0.1) is 11.3 Å². The first-order chi connectivity index (χ1) is 9.67. The van der Waals surface area contributed by atoms with Crippen molar-refractivity contribution in [2.75, 3.05) is 32.5 Å². The number of nitrogens with two attached hydrogens (primary N) is 1. The number of ether oxygens (including phenoxy) is 1. The van der Waals surface area contributed by atoms with Crippen molar-refractivity contribution >= 4 is 17.7 Å². The van der Waals surface area contributed by atoms with Gasteiger partial charge in [0, 0.05) is 32.0 Å². The molecule has 106 valence electrons. The second-order valence-electron chi connectivity index (χ2n) is 4.23. The molecule has 0 aliphatic carbocycles. The van der Waals surface area contributed by atoms with Crippen LogP contribution in [0.25, 0.3) is 6.08 Å². The van der Waals surface area contributed by atoms with Crippen molar-refractivity contribution in [1.82, 2.24) is 4.90 Å². The van der Waals surface area contributed by atoms with Gasteiger partial charge in [-0.3, -0.25) is 4.79 Å². The number of benzene rings is 1.